The average molecular weight is 498 g/mol. The topological polar surface area (TPSA) is 243 Å². The maximum atomic E-state index is 13.0. The van der Waals surface area contributed by atoms with Crippen LogP contribution in [0.25, 0.3) is 0 Å². The predicted octanol–water partition coefficient (Wildman–Crippen LogP) is -1.92. The lowest BCUT2D eigenvalue weighted by molar-refractivity contribution is -0.147. The van der Waals surface area contributed by atoms with Crippen LogP contribution in [0.5, 0.6) is 0 Å². The van der Waals surface area contributed by atoms with Crippen molar-refractivity contribution in [3.8, 4) is 0 Å². The minimum Gasteiger partial charge on any atom is -0.481 e. The first kappa shape index (κ1) is 29.5. The van der Waals surface area contributed by atoms with Gasteiger partial charge in [0.25, 0.3) is 0 Å². The zero-order chi connectivity index (χ0) is 26.5. The number of H-pyrrole nitrogens is 1. The summed E-state index contributed by atoms with van der Waals surface area (Å²) in [6, 6.07) is -4.83. The van der Waals surface area contributed by atoms with Gasteiger partial charge in [0, 0.05) is 18.3 Å². The van der Waals surface area contributed by atoms with Crippen LogP contribution in [0, 0.1) is 5.92 Å². The number of amides is 3. The molecule has 4 unspecified atom stereocenters. The van der Waals surface area contributed by atoms with Gasteiger partial charge >= 0.3 is 11.9 Å². The Bertz CT molecular complexity index is 860. The Kier molecular flexibility index (Phi) is 12.4. The van der Waals surface area contributed by atoms with Crippen molar-refractivity contribution in [1.82, 2.24) is 25.9 Å². The van der Waals surface area contributed by atoms with Crippen LogP contribution >= 0.6 is 0 Å². The Morgan fingerprint density at radius 1 is 1.00 bits per heavy atom. The van der Waals surface area contributed by atoms with Gasteiger partial charge in [0.2, 0.25) is 17.7 Å². The lowest BCUT2D eigenvalue weighted by Gasteiger charge is -2.27. The molecular formula is C21H35N7O7. The van der Waals surface area contributed by atoms with Gasteiger partial charge in [-0.3, -0.25) is 19.2 Å². The number of unbranched alkanes of at least 4 members (excludes halogenated alkanes) is 1. The SMILES string of the molecule is CC(C)C(NC(=O)C(CCCCN)NC(=O)C(N)Cc1cnc[nH]1)C(=O)NC(CC(=O)O)C(=O)O. The number of hydrogen-bond donors (Lipinski definition) is 8. The number of aliphatic carboxylic acids is 2. The van der Waals surface area contributed by atoms with E-state index >= 15 is 0 Å². The summed E-state index contributed by atoms with van der Waals surface area (Å²) in [7, 11) is 0. The van der Waals surface area contributed by atoms with Gasteiger partial charge in [-0.25, -0.2) is 9.78 Å². The van der Waals surface area contributed by atoms with Gasteiger partial charge in [-0.2, -0.15) is 0 Å². The summed E-state index contributed by atoms with van der Waals surface area (Å²) in [5, 5.41) is 25.3. The number of nitrogens with zero attached hydrogens (tertiary/aromatic N) is 1. The van der Waals surface area contributed by atoms with Gasteiger partial charge in [-0.15, -0.1) is 0 Å². The predicted molar refractivity (Wildman–Crippen MR) is 124 cm³/mol. The van der Waals surface area contributed by atoms with Crippen molar-refractivity contribution >= 4 is 29.7 Å². The number of carbonyl (C=O) groups is 5. The van der Waals surface area contributed by atoms with E-state index in [1.165, 1.54) is 12.5 Å². The van der Waals surface area contributed by atoms with Crippen molar-refractivity contribution in [2.24, 2.45) is 17.4 Å². The van der Waals surface area contributed by atoms with Gasteiger partial charge in [0.1, 0.15) is 18.1 Å². The summed E-state index contributed by atoms with van der Waals surface area (Å²) in [6.45, 7) is 3.64. The van der Waals surface area contributed by atoms with E-state index in [1.807, 2.05) is 0 Å². The van der Waals surface area contributed by atoms with Crippen molar-refractivity contribution in [3.63, 3.8) is 0 Å². The quantitative estimate of drug-likeness (QED) is 0.118. The summed E-state index contributed by atoms with van der Waals surface area (Å²) in [4.78, 5) is 67.2. The van der Waals surface area contributed by atoms with Crippen LogP contribution in [0.4, 0.5) is 0 Å². The van der Waals surface area contributed by atoms with Gasteiger partial charge < -0.3 is 42.6 Å². The van der Waals surface area contributed by atoms with Gasteiger partial charge in [-0.05, 0) is 31.7 Å². The average Bonchev–Trinajstić information content (AvgIpc) is 3.28. The molecule has 0 spiro atoms. The molecule has 1 aromatic heterocycles. The summed E-state index contributed by atoms with van der Waals surface area (Å²) in [6.07, 6.45) is 3.66. The van der Waals surface area contributed by atoms with Gasteiger partial charge in [0.05, 0.1) is 18.8 Å². The Balaban J connectivity index is 2.92. The second-order valence-electron chi connectivity index (χ2n) is 8.46. The third-order valence-electron chi connectivity index (χ3n) is 5.15. The standard InChI is InChI=1S/C21H35N7O7/c1-11(2)17(20(33)27-15(21(34)35)8-16(29)30)28-19(32)14(5-3-4-6-22)26-18(31)13(23)7-12-9-24-10-25-12/h9-11,13-15,17H,3-8,22-23H2,1-2H3,(H,24,25)(H,26,31)(H,27,33)(H,28,32)(H,29,30)(H,34,35). The molecule has 0 saturated carbocycles. The van der Waals surface area contributed by atoms with Gasteiger partial charge in [0.15, 0.2) is 0 Å². The number of carboxylic acids is 2. The molecule has 0 aliphatic carbocycles. The number of carbonyl (C=O) groups excluding carboxylic acids is 3. The molecule has 0 bridgehead atoms. The van der Waals surface area contributed by atoms with Crippen LogP contribution in [0.15, 0.2) is 12.5 Å². The molecule has 4 atom stereocenters. The van der Waals surface area contributed by atoms with Gasteiger partial charge in [-0.1, -0.05) is 13.8 Å². The highest BCUT2D eigenvalue weighted by Crippen LogP contribution is 2.08. The molecule has 0 fully saturated rings. The Morgan fingerprint density at radius 2 is 1.66 bits per heavy atom. The second-order valence-corrected chi connectivity index (χ2v) is 8.46. The van der Waals surface area contributed by atoms with E-state index in [2.05, 4.69) is 25.9 Å². The second kappa shape index (κ2) is 14.7. The maximum Gasteiger partial charge on any atom is 0.326 e. The van der Waals surface area contributed by atoms with E-state index < -0.39 is 66.2 Å². The maximum absolute atomic E-state index is 13.0. The molecule has 0 aliphatic heterocycles. The molecular weight excluding hydrogens is 462 g/mol. The summed E-state index contributed by atoms with van der Waals surface area (Å²) in [5.74, 6) is -5.50. The number of carboxylic acid groups (broad SMARTS) is 2. The van der Waals surface area contributed by atoms with E-state index in [0.29, 0.717) is 25.1 Å². The lowest BCUT2D eigenvalue weighted by atomic mass is 10.0. The zero-order valence-corrected chi connectivity index (χ0v) is 19.8. The Morgan fingerprint density at radius 3 is 2.17 bits per heavy atom. The number of aromatic nitrogens is 2. The smallest absolute Gasteiger partial charge is 0.326 e. The summed E-state index contributed by atoms with van der Waals surface area (Å²) in [5.41, 5.74) is 12.1. The molecule has 0 saturated heterocycles. The molecule has 0 aliphatic rings. The van der Waals surface area contributed by atoms with E-state index in [9.17, 15) is 29.1 Å². The number of hydrogen-bond acceptors (Lipinski definition) is 8. The van der Waals surface area contributed by atoms with Crippen LogP contribution < -0.4 is 27.4 Å². The number of imidazole rings is 1. The fraction of sp³-hybridized carbons (Fsp3) is 0.619. The van der Waals surface area contributed by atoms with Crippen molar-refractivity contribution < 1.29 is 34.2 Å². The van der Waals surface area contributed by atoms with Crippen LogP contribution in [-0.4, -0.2) is 80.6 Å². The van der Waals surface area contributed by atoms with E-state index in [4.69, 9.17) is 16.6 Å². The molecule has 1 aromatic rings. The fourth-order valence-electron chi connectivity index (χ4n) is 3.19. The van der Waals surface area contributed by atoms with Crippen molar-refractivity contribution in [1.29, 1.82) is 0 Å². The fourth-order valence-corrected chi connectivity index (χ4v) is 3.19. The zero-order valence-electron chi connectivity index (χ0n) is 19.8. The molecule has 35 heavy (non-hydrogen) atoms. The van der Waals surface area contributed by atoms with E-state index in [-0.39, 0.29) is 12.8 Å². The van der Waals surface area contributed by atoms with Crippen molar-refractivity contribution in [3.05, 3.63) is 18.2 Å². The minimum absolute atomic E-state index is 0.167. The highest BCUT2D eigenvalue weighted by atomic mass is 16.4. The molecule has 10 N–H and O–H groups in total. The molecule has 1 rings (SSSR count). The third-order valence-corrected chi connectivity index (χ3v) is 5.15. The molecule has 196 valence electrons. The monoisotopic (exact) mass is 497 g/mol. The number of nitrogens with one attached hydrogen (secondary N) is 4. The molecule has 14 heteroatoms. The Hall–Kier alpha value is -3.52. The highest BCUT2D eigenvalue weighted by Gasteiger charge is 2.32. The van der Waals surface area contributed by atoms with Crippen LogP contribution in [0.1, 0.15) is 45.2 Å². The van der Waals surface area contributed by atoms with Crippen LogP contribution in [0.3, 0.4) is 0 Å². The number of rotatable bonds is 16. The lowest BCUT2D eigenvalue weighted by Crippen LogP contribution is -2.58. The van der Waals surface area contributed by atoms with Crippen molar-refractivity contribution in [2.75, 3.05) is 6.54 Å². The molecule has 14 nitrogen and oxygen atoms in total. The minimum atomic E-state index is -1.67. The third kappa shape index (κ3) is 10.5. The first-order chi connectivity index (χ1) is 16.5. The molecule has 0 aromatic carbocycles. The number of nitrogens with two attached hydrogens (primary N) is 2. The summed E-state index contributed by atoms with van der Waals surface area (Å²) >= 11 is 0. The molecule has 0 radical (unpaired) electrons. The van der Waals surface area contributed by atoms with Crippen LogP contribution in [0.2, 0.25) is 0 Å². The molecule has 3 amide bonds. The molecule has 1 heterocycles. The first-order valence-electron chi connectivity index (χ1n) is 11.2. The van der Waals surface area contributed by atoms with Crippen molar-refractivity contribution in [2.45, 2.75) is 70.1 Å². The van der Waals surface area contributed by atoms with E-state index in [0.717, 1.165) is 0 Å². The summed E-state index contributed by atoms with van der Waals surface area (Å²) < 4.78 is 0. The van der Waals surface area contributed by atoms with E-state index in [1.54, 1.807) is 13.8 Å². The highest BCUT2D eigenvalue weighted by molar-refractivity contribution is 5.94. The normalized spacial score (nSPS) is 14.4. The largest absolute Gasteiger partial charge is 0.481 e. The number of aromatic amines is 1. The van der Waals surface area contributed by atoms with Crippen LogP contribution in [-0.2, 0) is 30.4 Å². The first-order valence-corrected chi connectivity index (χ1v) is 11.2. The Labute approximate surface area is 202 Å².